The molecule has 1 aromatic rings. The molecule has 2 heterocycles. The largest absolute Gasteiger partial charge is 0.469 e. The van der Waals surface area contributed by atoms with E-state index in [1.54, 1.807) is 4.90 Å². The molecule has 1 amide bonds. The summed E-state index contributed by atoms with van der Waals surface area (Å²) in [6, 6.07) is 0. The van der Waals surface area contributed by atoms with Gasteiger partial charge in [0.15, 0.2) is 0 Å². The zero-order chi connectivity index (χ0) is 13.7. The van der Waals surface area contributed by atoms with Crippen molar-refractivity contribution in [3.05, 3.63) is 11.1 Å². The van der Waals surface area contributed by atoms with Gasteiger partial charge in [0.2, 0.25) is 0 Å². The SMILES string of the molecule is COC(=O)CCN1CCN(C(=O)c2cnns2)CC1. The van der Waals surface area contributed by atoms with Crippen LogP contribution in [-0.2, 0) is 9.53 Å². The Morgan fingerprint density at radius 2 is 2.11 bits per heavy atom. The first-order valence-corrected chi connectivity index (χ1v) is 6.84. The number of nitrogens with zero attached hydrogens (tertiary/aromatic N) is 4. The van der Waals surface area contributed by atoms with Crippen molar-refractivity contribution in [2.24, 2.45) is 0 Å². The van der Waals surface area contributed by atoms with E-state index in [1.807, 2.05) is 0 Å². The molecule has 104 valence electrons. The highest BCUT2D eigenvalue weighted by atomic mass is 32.1. The number of aromatic nitrogens is 2. The molecule has 0 aromatic carbocycles. The summed E-state index contributed by atoms with van der Waals surface area (Å²) in [5.41, 5.74) is 0. The van der Waals surface area contributed by atoms with E-state index >= 15 is 0 Å². The maximum Gasteiger partial charge on any atom is 0.306 e. The molecule has 0 bridgehead atoms. The summed E-state index contributed by atoms with van der Waals surface area (Å²) < 4.78 is 8.30. The molecular formula is C11H16N4O3S. The van der Waals surface area contributed by atoms with Crippen molar-refractivity contribution in [1.82, 2.24) is 19.4 Å². The summed E-state index contributed by atoms with van der Waals surface area (Å²) in [7, 11) is 1.39. The van der Waals surface area contributed by atoms with Crippen molar-refractivity contribution in [2.45, 2.75) is 6.42 Å². The maximum atomic E-state index is 12.0. The van der Waals surface area contributed by atoms with E-state index in [2.05, 4.69) is 19.2 Å². The summed E-state index contributed by atoms with van der Waals surface area (Å²) >= 11 is 1.12. The van der Waals surface area contributed by atoms with Gasteiger partial charge in [-0.1, -0.05) is 4.49 Å². The molecule has 1 fully saturated rings. The van der Waals surface area contributed by atoms with Crippen molar-refractivity contribution in [3.63, 3.8) is 0 Å². The highest BCUT2D eigenvalue weighted by Gasteiger charge is 2.23. The normalized spacial score (nSPS) is 16.4. The summed E-state index contributed by atoms with van der Waals surface area (Å²) in [5.74, 6) is -0.211. The minimum Gasteiger partial charge on any atom is -0.469 e. The Labute approximate surface area is 115 Å². The number of carbonyl (C=O) groups is 2. The predicted molar refractivity (Wildman–Crippen MR) is 68.9 cm³/mol. The van der Waals surface area contributed by atoms with E-state index in [0.29, 0.717) is 30.9 Å². The number of amides is 1. The highest BCUT2D eigenvalue weighted by Crippen LogP contribution is 2.10. The Bertz CT molecular complexity index is 429. The second-order valence-electron chi connectivity index (χ2n) is 4.24. The topological polar surface area (TPSA) is 75.6 Å². The molecule has 19 heavy (non-hydrogen) atoms. The van der Waals surface area contributed by atoms with Gasteiger partial charge in [0.25, 0.3) is 5.91 Å². The fourth-order valence-electron chi connectivity index (χ4n) is 1.94. The van der Waals surface area contributed by atoms with Gasteiger partial charge in [-0.3, -0.25) is 14.5 Å². The Balaban J connectivity index is 1.76. The molecule has 1 aliphatic heterocycles. The smallest absolute Gasteiger partial charge is 0.306 e. The van der Waals surface area contributed by atoms with Gasteiger partial charge in [0.1, 0.15) is 4.88 Å². The summed E-state index contributed by atoms with van der Waals surface area (Å²) in [5, 5.41) is 3.67. The lowest BCUT2D eigenvalue weighted by atomic mass is 10.2. The second-order valence-corrected chi connectivity index (χ2v) is 5.03. The lowest BCUT2D eigenvalue weighted by molar-refractivity contribution is -0.141. The van der Waals surface area contributed by atoms with E-state index in [0.717, 1.165) is 24.6 Å². The molecule has 0 unspecified atom stereocenters. The predicted octanol–water partition coefficient (Wildman–Crippen LogP) is -0.141. The van der Waals surface area contributed by atoms with Crippen LogP contribution in [0.5, 0.6) is 0 Å². The van der Waals surface area contributed by atoms with Crippen LogP contribution in [0.25, 0.3) is 0 Å². The van der Waals surface area contributed by atoms with Crippen LogP contribution in [0.4, 0.5) is 0 Å². The number of piperazine rings is 1. The van der Waals surface area contributed by atoms with Crippen LogP contribution in [0, 0.1) is 0 Å². The van der Waals surface area contributed by atoms with Gasteiger partial charge in [0.05, 0.1) is 19.7 Å². The fourth-order valence-corrected chi connectivity index (χ4v) is 2.43. The third-order valence-electron chi connectivity index (χ3n) is 3.09. The van der Waals surface area contributed by atoms with Crippen molar-refractivity contribution in [1.29, 1.82) is 0 Å². The van der Waals surface area contributed by atoms with Gasteiger partial charge in [-0.15, -0.1) is 5.10 Å². The number of carbonyl (C=O) groups excluding carboxylic acids is 2. The van der Waals surface area contributed by atoms with Gasteiger partial charge in [-0.05, 0) is 11.5 Å². The number of hydrogen-bond acceptors (Lipinski definition) is 7. The van der Waals surface area contributed by atoms with E-state index in [4.69, 9.17) is 0 Å². The second kappa shape index (κ2) is 6.58. The van der Waals surface area contributed by atoms with Gasteiger partial charge in [-0.2, -0.15) is 0 Å². The van der Waals surface area contributed by atoms with Crippen molar-refractivity contribution < 1.29 is 14.3 Å². The van der Waals surface area contributed by atoms with Crippen molar-refractivity contribution in [3.8, 4) is 0 Å². The van der Waals surface area contributed by atoms with Crippen LogP contribution in [-0.4, -0.2) is 71.1 Å². The lowest BCUT2D eigenvalue weighted by Crippen LogP contribution is -2.48. The summed E-state index contributed by atoms with van der Waals surface area (Å²) in [6.07, 6.45) is 1.89. The molecule has 0 saturated carbocycles. The zero-order valence-corrected chi connectivity index (χ0v) is 11.6. The molecule has 8 heteroatoms. The van der Waals surface area contributed by atoms with E-state index in [9.17, 15) is 9.59 Å². The number of hydrogen-bond donors (Lipinski definition) is 0. The van der Waals surface area contributed by atoms with Crippen LogP contribution >= 0.6 is 11.5 Å². The zero-order valence-electron chi connectivity index (χ0n) is 10.7. The molecular weight excluding hydrogens is 268 g/mol. The number of esters is 1. The minimum absolute atomic E-state index is 0.0115. The van der Waals surface area contributed by atoms with E-state index in [1.165, 1.54) is 13.3 Å². The van der Waals surface area contributed by atoms with Gasteiger partial charge < -0.3 is 9.64 Å². The van der Waals surface area contributed by atoms with Gasteiger partial charge >= 0.3 is 5.97 Å². The van der Waals surface area contributed by atoms with Gasteiger partial charge in [-0.25, -0.2) is 0 Å². The average Bonchev–Trinajstić information content (AvgIpc) is 2.98. The van der Waals surface area contributed by atoms with Crippen molar-refractivity contribution >= 4 is 23.4 Å². The van der Waals surface area contributed by atoms with Gasteiger partial charge in [0, 0.05) is 32.7 Å². The lowest BCUT2D eigenvalue weighted by Gasteiger charge is -2.34. The first-order chi connectivity index (χ1) is 9.20. The minimum atomic E-state index is -0.200. The first-order valence-electron chi connectivity index (χ1n) is 6.06. The molecule has 0 N–H and O–H groups in total. The highest BCUT2D eigenvalue weighted by molar-refractivity contribution is 7.07. The molecule has 1 saturated heterocycles. The Hall–Kier alpha value is -1.54. The van der Waals surface area contributed by atoms with Crippen LogP contribution in [0.15, 0.2) is 6.20 Å². The molecule has 1 aliphatic rings. The van der Waals surface area contributed by atoms with Crippen LogP contribution in [0.3, 0.4) is 0 Å². The number of methoxy groups -OCH3 is 1. The Morgan fingerprint density at radius 1 is 1.37 bits per heavy atom. The molecule has 0 spiro atoms. The van der Waals surface area contributed by atoms with Crippen LogP contribution in [0.1, 0.15) is 16.1 Å². The summed E-state index contributed by atoms with van der Waals surface area (Å²) in [4.78, 5) is 27.6. The van der Waals surface area contributed by atoms with Crippen molar-refractivity contribution in [2.75, 3.05) is 39.8 Å². The third kappa shape index (κ3) is 3.71. The quantitative estimate of drug-likeness (QED) is 0.716. The van der Waals surface area contributed by atoms with Crippen LogP contribution < -0.4 is 0 Å². The Kier molecular flexibility index (Phi) is 4.80. The third-order valence-corrected chi connectivity index (χ3v) is 3.74. The number of ether oxygens (including phenoxy) is 1. The molecule has 2 rings (SSSR count). The fraction of sp³-hybridized carbons (Fsp3) is 0.636. The van der Waals surface area contributed by atoms with Crippen LogP contribution in [0.2, 0.25) is 0 Å². The maximum absolute atomic E-state index is 12.0. The first kappa shape index (κ1) is 13.9. The molecule has 0 radical (unpaired) electrons. The average molecular weight is 284 g/mol. The molecule has 0 atom stereocenters. The molecule has 7 nitrogen and oxygen atoms in total. The number of rotatable bonds is 4. The Morgan fingerprint density at radius 3 is 2.68 bits per heavy atom. The molecule has 1 aromatic heterocycles. The monoisotopic (exact) mass is 284 g/mol. The standard InChI is InChI=1S/C11H16N4O3S/c1-18-10(16)2-3-14-4-6-15(7-5-14)11(17)9-8-12-13-19-9/h8H,2-7H2,1H3. The van der Waals surface area contributed by atoms with E-state index in [-0.39, 0.29) is 11.9 Å². The summed E-state index contributed by atoms with van der Waals surface area (Å²) in [6.45, 7) is 3.55. The molecule has 0 aliphatic carbocycles. The van der Waals surface area contributed by atoms with E-state index < -0.39 is 0 Å².